The fourth-order valence-corrected chi connectivity index (χ4v) is 4.97. The number of nitrogens with zero attached hydrogens (tertiary/aromatic N) is 2. The Morgan fingerprint density at radius 1 is 1.00 bits per heavy atom. The smallest absolute Gasteiger partial charge is 0.213 e. The van der Waals surface area contributed by atoms with E-state index in [1.165, 1.54) is 14.7 Å². The van der Waals surface area contributed by atoms with Crippen LogP contribution in [0.25, 0.3) is 0 Å². The van der Waals surface area contributed by atoms with E-state index >= 15 is 0 Å². The summed E-state index contributed by atoms with van der Waals surface area (Å²) in [6.07, 6.45) is 1.12. The Balaban J connectivity index is 2.25. The molecule has 0 atom stereocenters. The number of hydrogen-bond acceptors (Lipinski definition) is 4. The van der Waals surface area contributed by atoms with Gasteiger partial charge >= 0.3 is 0 Å². The molecule has 0 radical (unpaired) electrons. The van der Waals surface area contributed by atoms with E-state index in [1.807, 2.05) is 0 Å². The van der Waals surface area contributed by atoms with Crippen LogP contribution in [0.4, 0.5) is 0 Å². The Hall–Kier alpha value is -0.670. The van der Waals surface area contributed by atoms with Crippen LogP contribution in [0.3, 0.4) is 0 Å². The lowest BCUT2D eigenvalue weighted by Crippen LogP contribution is -2.50. The molecular weight excluding hydrogens is 336 g/mol. The second-order valence-electron chi connectivity index (χ2n) is 4.93. The van der Waals surface area contributed by atoms with Crippen LogP contribution in [0, 0.1) is 6.92 Å². The fraction of sp³-hybridized carbons (Fsp3) is 0.500. The van der Waals surface area contributed by atoms with E-state index in [0.717, 1.165) is 6.26 Å². The Bertz CT molecular complexity index is 739. The summed E-state index contributed by atoms with van der Waals surface area (Å²) in [7, 11) is -6.94. The van der Waals surface area contributed by atoms with E-state index in [0.29, 0.717) is 10.6 Å². The lowest BCUT2D eigenvalue weighted by atomic mass is 10.2. The molecule has 2 rings (SSSR count). The Labute approximate surface area is 130 Å². The summed E-state index contributed by atoms with van der Waals surface area (Å²) >= 11 is 5.97. The maximum atomic E-state index is 12.6. The summed E-state index contributed by atoms with van der Waals surface area (Å²) in [5.74, 6) is 0. The molecule has 1 heterocycles. The average molecular weight is 353 g/mol. The second-order valence-corrected chi connectivity index (χ2v) is 9.23. The van der Waals surface area contributed by atoms with E-state index in [4.69, 9.17) is 11.6 Å². The van der Waals surface area contributed by atoms with Gasteiger partial charge in [-0.2, -0.15) is 8.61 Å². The number of sulfonamides is 2. The van der Waals surface area contributed by atoms with Crippen LogP contribution in [-0.4, -0.2) is 57.9 Å². The molecule has 0 bridgehead atoms. The predicted octanol–water partition coefficient (Wildman–Crippen LogP) is 0.914. The molecule has 1 aliphatic rings. The van der Waals surface area contributed by atoms with Gasteiger partial charge in [0.05, 0.1) is 11.2 Å². The first-order chi connectivity index (χ1) is 9.64. The molecule has 118 valence electrons. The van der Waals surface area contributed by atoms with Gasteiger partial charge in [0.1, 0.15) is 0 Å². The highest BCUT2D eigenvalue weighted by Gasteiger charge is 2.32. The quantitative estimate of drug-likeness (QED) is 0.810. The minimum Gasteiger partial charge on any atom is -0.213 e. The largest absolute Gasteiger partial charge is 0.243 e. The maximum absolute atomic E-state index is 12.6. The van der Waals surface area contributed by atoms with Crippen LogP contribution in [0.1, 0.15) is 5.56 Å². The van der Waals surface area contributed by atoms with Crippen LogP contribution in [0.15, 0.2) is 23.1 Å². The molecule has 1 fully saturated rings. The van der Waals surface area contributed by atoms with Crippen LogP contribution in [-0.2, 0) is 20.0 Å². The molecular formula is C12H17ClN2O4S2. The zero-order chi connectivity index (χ0) is 15.8. The van der Waals surface area contributed by atoms with Crippen molar-refractivity contribution in [3.05, 3.63) is 28.8 Å². The van der Waals surface area contributed by atoms with Crippen LogP contribution in [0.5, 0.6) is 0 Å². The third-order valence-corrected chi connectivity index (χ3v) is 7.26. The molecule has 9 heteroatoms. The van der Waals surface area contributed by atoms with Gasteiger partial charge in [-0.05, 0) is 24.6 Å². The normalized spacial score (nSPS) is 18.8. The molecule has 1 aromatic rings. The van der Waals surface area contributed by atoms with E-state index in [2.05, 4.69) is 0 Å². The number of rotatable bonds is 3. The molecule has 0 aromatic heterocycles. The number of hydrogen-bond donors (Lipinski definition) is 0. The maximum Gasteiger partial charge on any atom is 0.243 e. The SMILES string of the molecule is Cc1c(Cl)cccc1S(=O)(=O)N1CCN(S(C)(=O)=O)CC1. The molecule has 0 aliphatic carbocycles. The summed E-state index contributed by atoms with van der Waals surface area (Å²) in [6.45, 7) is 2.26. The van der Waals surface area contributed by atoms with Gasteiger partial charge in [-0.1, -0.05) is 17.7 Å². The minimum absolute atomic E-state index is 0.140. The lowest BCUT2D eigenvalue weighted by molar-refractivity contribution is 0.274. The standard InChI is InChI=1S/C12H17ClN2O4S2/c1-10-11(13)4-3-5-12(10)21(18,19)15-8-6-14(7-9-15)20(2,16)17/h3-5H,6-9H2,1-2H3. The summed E-state index contributed by atoms with van der Waals surface area (Å²) in [6, 6.07) is 4.74. The summed E-state index contributed by atoms with van der Waals surface area (Å²) in [5, 5.41) is 0.394. The monoisotopic (exact) mass is 352 g/mol. The zero-order valence-electron chi connectivity index (χ0n) is 11.8. The van der Waals surface area contributed by atoms with Gasteiger partial charge in [0, 0.05) is 31.2 Å². The van der Waals surface area contributed by atoms with E-state index < -0.39 is 20.0 Å². The fourth-order valence-electron chi connectivity index (χ4n) is 2.25. The second kappa shape index (κ2) is 5.85. The van der Waals surface area contributed by atoms with Crippen LogP contribution >= 0.6 is 11.6 Å². The number of piperazine rings is 1. The van der Waals surface area contributed by atoms with Gasteiger partial charge in [0.15, 0.2) is 0 Å². The molecule has 0 spiro atoms. The number of halogens is 1. The Morgan fingerprint density at radius 2 is 1.52 bits per heavy atom. The summed E-state index contributed by atoms with van der Waals surface area (Å²) < 4.78 is 50.7. The Morgan fingerprint density at radius 3 is 2.05 bits per heavy atom. The first kappa shape index (κ1) is 16.7. The first-order valence-corrected chi connectivity index (χ1v) is 10.0. The summed E-state index contributed by atoms with van der Waals surface area (Å²) in [4.78, 5) is 0.169. The molecule has 0 saturated carbocycles. The van der Waals surface area contributed by atoms with E-state index in [-0.39, 0.29) is 31.1 Å². The Kier molecular flexibility index (Phi) is 4.65. The molecule has 1 aliphatic heterocycles. The van der Waals surface area contributed by atoms with Crippen molar-refractivity contribution in [3.8, 4) is 0 Å². The average Bonchev–Trinajstić information content (AvgIpc) is 2.41. The van der Waals surface area contributed by atoms with Crippen molar-refractivity contribution in [1.29, 1.82) is 0 Å². The molecule has 21 heavy (non-hydrogen) atoms. The topological polar surface area (TPSA) is 74.8 Å². The van der Waals surface area contributed by atoms with Gasteiger partial charge < -0.3 is 0 Å². The van der Waals surface area contributed by atoms with Crippen molar-refractivity contribution < 1.29 is 16.8 Å². The zero-order valence-corrected chi connectivity index (χ0v) is 14.2. The minimum atomic E-state index is -3.66. The predicted molar refractivity (Wildman–Crippen MR) is 81.4 cm³/mol. The molecule has 1 aromatic carbocycles. The van der Waals surface area contributed by atoms with Crippen molar-refractivity contribution >= 4 is 31.6 Å². The van der Waals surface area contributed by atoms with Gasteiger partial charge in [-0.25, -0.2) is 16.8 Å². The van der Waals surface area contributed by atoms with Gasteiger partial charge in [0.2, 0.25) is 20.0 Å². The third kappa shape index (κ3) is 3.40. The van der Waals surface area contributed by atoms with Gasteiger partial charge in [0.25, 0.3) is 0 Å². The van der Waals surface area contributed by atoms with Crippen LogP contribution in [0.2, 0.25) is 5.02 Å². The molecule has 0 amide bonds. The van der Waals surface area contributed by atoms with Crippen molar-refractivity contribution in [2.24, 2.45) is 0 Å². The van der Waals surface area contributed by atoms with Gasteiger partial charge in [-0.3, -0.25) is 0 Å². The highest BCUT2D eigenvalue weighted by molar-refractivity contribution is 7.89. The third-order valence-electron chi connectivity index (χ3n) is 3.50. The first-order valence-electron chi connectivity index (χ1n) is 6.34. The molecule has 0 N–H and O–H groups in total. The van der Waals surface area contributed by atoms with Crippen LogP contribution < -0.4 is 0 Å². The lowest BCUT2D eigenvalue weighted by Gasteiger charge is -2.32. The molecule has 0 unspecified atom stereocenters. The van der Waals surface area contributed by atoms with Gasteiger partial charge in [-0.15, -0.1) is 0 Å². The highest BCUT2D eigenvalue weighted by atomic mass is 35.5. The van der Waals surface area contributed by atoms with Crippen molar-refractivity contribution in [2.45, 2.75) is 11.8 Å². The van der Waals surface area contributed by atoms with E-state index in [9.17, 15) is 16.8 Å². The van der Waals surface area contributed by atoms with E-state index in [1.54, 1.807) is 19.1 Å². The number of benzene rings is 1. The van der Waals surface area contributed by atoms with Crippen molar-refractivity contribution in [2.75, 3.05) is 32.4 Å². The molecule has 6 nitrogen and oxygen atoms in total. The summed E-state index contributed by atoms with van der Waals surface area (Å²) in [5.41, 5.74) is 0.504. The highest BCUT2D eigenvalue weighted by Crippen LogP contribution is 2.26. The molecule has 1 saturated heterocycles. The van der Waals surface area contributed by atoms with Crippen molar-refractivity contribution in [1.82, 2.24) is 8.61 Å². The van der Waals surface area contributed by atoms with Crippen molar-refractivity contribution in [3.63, 3.8) is 0 Å².